The predicted octanol–water partition coefficient (Wildman–Crippen LogP) is 0.816. The van der Waals surface area contributed by atoms with Crippen LogP contribution < -0.4 is 11.3 Å². The van der Waals surface area contributed by atoms with Gasteiger partial charge in [-0.25, -0.2) is 0 Å². The van der Waals surface area contributed by atoms with E-state index in [1.54, 1.807) is 0 Å². The highest BCUT2D eigenvalue weighted by atomic mass is 15.3. The molecule has 0 aromatic rings. The fourth-order valence-electron chi connectivity index (χ4n) is 1.29. The van der Waals surface area contributed by atoms with Gasteiger partial charge in [0.2, 0.25) is 0 Å². The van der Waals surface area contributed by atoms with Crippen molar-refractivity contribution in [2.24, 2.45) is 11.8 Å². The zero-order valence-corrected chi connectivity index (χ0v) is 8.80. The predicted molar refractivity (Wildman–Crippen MR) is 53.7 cm³/mol. The van der Waals surface area contributed by atoms with Crippen molar-refractivity contribution in [1.29, 1.82) is 0 Å². The van der Waals surface area contributed by atoms with Crippen LogP contribution in [0.1, 0.15) is 26.7 Å². The molecule has 12 heavy (non-hydrogen) atoms. The van der Waals surface area contributed by atoms with Crippen molar-refractivity contribution >= 4 is 0 Å². The second kappa shape index (κ2) is 6.40. The summed E-state index contributed by atoms with van der Waals surface area (Å²) in [5, 5.41) is 0. The van der Waals surface area contributed by atoms with Gasteiger partial charge < -0.3 is 4.90 Å². The Bertz CT molecular complexity index is 104. The highest BCUT2D eigenvalue weighted by Gasteiger charge is 2.10. The summed E-state index contributed by atoms with van der Waals surface area (Å²) in [6, 6.07) is 0.426. The molecule has 2 atom stereocenters. The van der Waals surface area contributed by atoms with Crippen molar-refractivity contribution in [3.8, 4) is 0 Å². The van der Waals surface area contributed by atoms with Gasteiger partial charge in [-0.3, -0.25) is 11.3 Å². The molecule has 0 aromatic carbocycles. The summed E-state index contributed by atoms with van der Waals surface area (Å²) in [5.41, 5.74) is 2.86. The lowest BCUT2D eigenvalue weighted by Crippen LogP contribution is -2.43. The lowest BCUT2D eigenvalue weighted by Gasteiger charge is -2.22. The molecule has 74 valence electrons. The third-order valence-corrected chi connectivity index (χ3v) is 2.21. The molecular formula is C9H23N3. The number of hydrazine groups is 1. The molecule has 0 radical (unpaired) electrons. The Balaban J connectivity index is 3.66. The van der Waals surface area contributed by atoms with Gasteiger partial charge in [0.15, 0.2) is 0 Å². The minimum absolute atomic E-state index is 0.426. The van der Waals surface area contributed by atoms with Crippen LogP contribution in [-0.2, 0) is 0 Å². The first-order valence-electron chi connectivity index (χ1n) is 4.71. The van der Waals surface area contributed by atoms with E-state index >= 15 is 0 Å². The number of nitrogens with one attached hydrogen (secondary N) is 1. The van der Waals surface area contributed by atoms with Crippen molar-refractivity contribution in [3.63, 3.8) is 0 Å². The molecule has 3 nitrogen and oxygen atoms in total. The maximum atomic E-state index is 5.45. The van der Waals surface area contributed by atoms with E-state index in [0.29, 0.717) is 6.04 Å². The summed E-state index contributed by atoms with van der Waals surface area (Å²) in [6.07, 6.45) is 2.39. The van der Waals surface area contributed by atoms with Crippen molar-refractivity contribution in [2.45, 2.75) is 32.7 Å². The molecule has 0 fully saturated rings. The summed E-state index contributed by atoms with van der Waals surface area (Å²) in [4.78, 5) is 2.16. The lowest BCUT2D eigenvalue weighted by atomic mass is 9.99. The van der Waals surface area contributed by atoms with Crippen molar-refractivity contribution in [1.82, 2.24) is 10.3 Å². The molecule has 0 amide bonds. The third-order valence-electron chi connectivity index (χ3n) is 2.21. The molecule has 3 N–H and O–H groups in total. The highest BCUT2D eigenvalue weighted by molar-refractivity contribution is 4.69. The van der Waals surface area contributed by atoms with Crippen LogP contribution in [0, 0.1) is 5.92 Å². The molecule has 3 heteroatoms. The molecule has 2 unspecified atom stereocenters. The van der Waals surface area contributed by atoms with Gasteiger partial charge in [0.25, 0.3) is 0 Å². The van der Waals surface area contributed by atoms with Gasteiger partial charge in [-0.05, 0) is 26.4 Å². The average molecular weight is 173 g/mol. The van der Waals surface area contributed by atoms with E-state index in [1.807, 2.05) is 0 Å². The van der Waals surface area contributed by atoms with Crippen LogP contribution in [0.2, 0.25) is 0 Å². The van der Waals surface area contributed by atoms with E-state index in [9.17, 15) is 0 Å². The molecule has 0 heterocycles. The fourth-order valence-corrected chi connectivity index (χ4v) is 1.29. The van der Waals surface area contributed by atoms with Crippen LogP contribution >= 0.6 is 0 Å². The van der Waals surface area contributed by atoms with Crippen LogP contribution in [-0.4, -0.2) is 31.6 Å². The Morgan fingerprint density at radius 2 is 2.00 bits per heavy atom. The zero-order valence-electron chi connectivity index (χ0n) is 8.80. The Morgan fingerprint density at radius 3 is 2.33 bits per heavy atom. The van der Waals surface area contributed by atoms with Gasteiger partial charge in [-0.2, -0.15) is 0 Å². The first kappa shape index (κ1) is 11.9. The van der Waals surface area contributed by atoms with Crippen LogP contribution in [0.15, 0.2) is 0 Å². The number of nitrogens with zero attached hydrogens (tertiary/aromatic N) is 1. The SMILES string of the molecule is CCC(C)CC(CN(C)C)NN. The molecule has 0 aliphatic rings. The van der Waals surface area contributed by atoms with E-state index in [2.05, 4.69) is 38.3 Å². The number of hydrogen-bond donors (Lipinski definition) is 2. The van der Waals surface area contributed by atoms with Crippen LogP contribution in [0.25, 0.3) is 0 Å². The number of likely N-dealkylation sites (N-methyl/N-ethyl adjacent to an activating group) is 1. The molecule has 0 aliphatic heterocycles. The first-order valence-corrected chi connectivity index (χ1v) is 4.71. The van der Waals surface area contributed by atoms with E-state index in [-0.39, 0.29) is 0 Å². The van der Waals surface area contributed by atoms with Crippen LogP contribution in [0.4, 0.5) is 0 Å². The maximum Gasteiger partial charge on any atom is 0.0340 e. The Morgan fingerprint density at radius 1 is 1.42 bits per heavy atom. The van der Waals surface area contributed by atoms with E-state index < -0.39 is 0 Å². The van der Waals surface area contributed by atoms with Gasteiger partial charge in [-0.1, -0.05) is 20.3 Å². The smallest absolute Gasteiger partial charge is 0.0340 e. The van der Waals surface area contributed by atoms with Crippen LogP contribution in [0.5, 0.6) is 0 Å². The third kappa shape index (κ3) is 5.52. The van der Waals surface area contributed by atoms with Crippen molar-refractivity contribution in [2.75, 3.05) is 20.6 Å². The van der Waals surface area contributed by atoms with Crippen molar-refractivity contribution < 1.29 is 0 Å². The minimum Gasteiger partial charge on any atom is -0.308 e. The summed E-state index contributed by atoms with van der Waals surface area (Å²) in [5.74, 6) is 6.20. The standard InChI is InChI=1S/C9H23N3/c1-5-8(2)6-9(11-10)7-12(3)4/h8-9,11H,5-7,10H2,1-4H3. The molecule has 0 aliphatic carbocycles. The van der Waals surface area contributed by atoms with Gasteiger partial charge >= 0.3 is 0 Å². The molecule has 0 rings (SSSR count). The number of hydrogen-bond acceptors (Lipinski definition) is 3. The topological polar surface area (TPSA) is 41.3 Å². The first-order chi connectivity index (χ1) is 5.60. The number of nitrogens with two attached hydrogens (primary N) is 1. The van der Waals surface area contributed by atoms with Gasteiger partial charge in [-0.15, -0.1) is 0 Å². The van der Waals surface area contributed by atoms with E-state index in [1.165, 1.54) is 6.42 Å². The summed E-state index contributed by atoms with van der Waals surface area (Å²) in [7, 11) is 4.14. The second-order valence-electron chi connectivity index (χ2n) is 3.87. The molecule has 0 saturated heterocycles. The van der Waals surface area contributed by atoms with Gasteiger partial charge in [0.1, 0.15) is 0 Å². The van der Waals surface area contributed by atoms with E-state index in [0.717, 1.165) is 18.9 Å². The largest absolute Gasteiger partial charge is 0.308 e. The monoisotopic (exact) mass is 173 g/mol. The Hall–Kier alpha value is -0.120. The average Bonchev–Trinajstić information content (AvgIpc) is 2.02. The number of rotatable bonds is 6. The fraction of sp³-hybridized carbons (Fsp3) is 1.00. The molecule has 0 saturated carbocycles. The lowest BCUT2D eigenvalue weighted by molar-refractivity contribution is 0.300. The summed E-state index contributed by atoms with van der Waals surface area (Å²) < 4.78 is 0. The Kier molecular flexibility index (Phi) is 6.34. The maximum absolute atomic E-state index is 5.45. The summed E-state index contributed by atoms with van der Waals surface area (Å²) >= 11 is 0. The molecule has 0 bridgehead atoms. The highest BCUT2D eigenvalue weighted by Crippen LogP contribution is 2.09. The molecule has 0 spiro atoms. The quantitative estimate of drug-likeness (QED) is 0.461. The van der Waals surface area contributed by atoms with Crippen molar-refractivity contribution in [3.05, 3.63) is 0 Å². The summed E-state index contributed by atoms with van der Waals surface area (Å²) in [6.45, 7) is 5.49. The Labute approximate surface area is 76.3 Å². The van der Waals surface area contributed by atoms with Gasteiger partial charge in [0, 0.05) is 12.6 Å². The molecular weight excluding hydrogens is 150 g/mol. The zero-order chi connectivity index (χ0) is 9.56. The molecule has 0 aromatic heterocycles. The van der Waals surface area contributed by atoms with Crippen LogP contribution in [0.3, 0.4) is 0 Å². The van der Waals surface area contributed by atoms with Gasteiger partial charge in [0.05, 0.1) is 0 Å². The van der Waals surface area contributed by atoms with E-state index in [4.69, 9.17) is 5.84 Å². The normalized spacial score (nSPS) is 16.5. The minimum atomic E-state index is 0.426. The second-order valence-corrected chi connectivity index (χ2v) is 3.87.